The Morgan fingerprint density at radius 3 is 2.56 bits per heavy atom. The Morgan fingerprint density at radius 1 is 1.26 bits per heavy atom. The fourth-order valence-electron chi connectivity index (χ4n) is 3.46. The maximum absolute atomic E-state index is 11.9. The van der Waals surface area contributed by atoms with Gasteiger partial charge in [-0.25, -0.2) is 8.42 Å². The summed E-state index contributed by atoms with van der Waals surface area (Å²) in [6.07, 6.45) is 1.79. The Labute approximate surface area is 161 Å². The van der Waals surface area contributed by atoms with E-state index >= 15 is 0 Å². The van der Waals surface area contributed by atoms with E-state index in [1.165, 1.54) is 5.56 Å². The standard InChI is InChI=1S/C19H28N4O3S/c1-19(2,24)13-17-20-21-18(22(3)16-10-12-27(25,26)14-16)23(17)11-9-15-7-5-4-6-8-15/h4-8,16,24H,9-14H2,1-3H3. The van der Waals surface area contributed by atoms with Gasteiger partial charge in [0.2, 0.25) is 5.95 Å². The molecule has 1 saturated heterocycles. The van der Waals surface area contributed by atoms with Crippen molar-refractivity contribution in [2.24, 2.45) is 0 Å². The number of anilines is 1. The van der Waals surface area contributed by atoms with Gasteiger partial charge in [0.15, 0.2) is 9.84 Å². The third-order valence-electron chi connectivity index (χ3n) is 4.94. The van der Waals surface area contributed by atoms with Gasteiger partial charge < -0.3 is 10.0 Å². The molecule has 0 saturated carbocycles. The third-order valence-corrected chi connectivity index (χ3v) is 6.69. The summed E-state index contributed by atoms with van der Waals surface area (Å²) >= 11 is 0. The number of sulfone groups is 1. The minimum Gasteiger partial charge on any atom is -0.390 e. The lowest BCUT2D eigenvalue weighted by Crippen LogP contribution is -2.35. The summed E-state index contributed by atoms with van der Waals surface area (Å²) in [6.45, 7) is 4.16. The molecule has 8 heteroatoms. The summed E-state index contributed by atoms with van der Waals surface area (Å²) in [7, 11) is -1.10. The Hall–Kier alpha value is -1.93. The van der Waals surface area contributed by atoms with Gasteiger partial charge in [0.25, 0.3) is 0 Å². The number of benzene rings is 1. The molecule has 1 aliphatic heterocycles. The molecule has 1 fully saturated rings. The molecule has 1 unspecified atom stereocenters. The number of hydrogen-bond acceptors (Lipinski definition) is 6. The van der Waals surface area contributed by atoms with Crippen LogP contribution >= 0.6 is 0 Å². The van der Waals surface area contributed by atoms with Crippen molar-refractivity contribution in [1.82, 2.24) is 14.8 Å². The fourth-order valence-corrected chi connectivity index (χ4v) is 5.24. The van der Waals surface area contributed by atoms with Gasteiger partial charge >= 0.3 is 0 Å². The molecule has 2 aromatic rings. The first-order valence-electron chi connectivity index (χ1n) is 9.26. The van der Waals surface area contributed by atoms with E-state index in [1.807, 2.05) is 34.7 Å². The van der Waals surface area contributed by atoms with Gasteiger partial charge in [-0.3, -0.25) is 4.57 Å². The number of aromatic nitrogens is 3. The van der Waals surface area contributed by atoms with E-state index in [0.29, 0.717) is 31.2 Å². The van der Waals surface area contributed by atoms with Crippen molar-refractivity contribution in [2.45, 2.75) is 51.3 Å². The van der Waals surface area contributed by atoms with Crippen molar-refractivity contribution < 1.29 is 13.5 Å². The Kier molecular flexibility index (Phi) is 5.58. The highest BCUT2D eigenvalue weighted by molar-refractivity contribution is 7.91. The van der Waals surface area contributed by atoms with E-state index in [4.69, 9.17) is 0 Å². The highest BCUT2D eigenvalue weighted by Crippen LogP contribution is 2.24. The van der Waals surface area contributed by atoms with Crippen LogP contribution in [0.2, 0.25) is 0 Å². The molecule has 1 aliphatic rings. The first-order chi connectivity index (χ1) is 12.6. The van der Waals surface area contributed by atoms with Crippen LogP contribution < -0.4 is 4.90 Å². The van der Waals surface area contributed by atoms with Gasteiger partial charge in [-0.15, -0.1) is 10.2 Å². The Balaban J connectivity index is 1.86. The monoisotopic (exact) mass is 392 g/mol. The van der Waals surface area contributed by atoms with E-state index < -0.39 is 15.4 Å². The smallest absolute Gasteiger partial charge is 0.227 e. The van der Waals surface area contributed by atoms with Crippen molar-refractivity contribution in [2.75, 3.05) is 23.5 Å². The second kappa shape index (κ2) is 7.59. The van der Waals surface area contributed by atoms with Gasteiger partial charge in [0.05, 0.1) is 17.1 Å². The van der Waals surface area contributed by atoms with Crippen molar-refractivity contribution in [3.8, 4) is 0 Å². The largest absolute Gasteiger partial charge is 0.390 e. The second-order valence-corrected chi connectivity index (χ2v) is 10.2. The molecule has 2 heterocycles. The number of hydrogen-bond donors (Lipinski definition) is 1. The van der Waals surface area contributed by atoms with Crippen LogP contribution in [0, 0.1) is 0 Å². The highest BCUT2D eigenvalue weighted by atomic mass is 32.2. The summed E-state index contributed by atoms with van der Waals surface area (Å²) in [5, 5.41) is 18.9. The molecule has 0 spiro atoms. The lowest BCUT2D eigenvalue weighted by atomic mass is 10.1. The predicted octanol–water partition coefficient (Wildman–Crippen LogP) is 1.46. The average Bonchev–Trinajstić information content (AvgIpc) is 3.15. The Bertz CT molecular complexity index is 872. The molecule has 1 aromatic heterocycles. The summed E-state index contributed by atoms with van der Waals surface area (Å²) < 4.78 is 25.7. The van der Waals surface area contributed by atoms with Crippen LogP contribution in [-0.2, 0) is 29.2 Å². The molecule has 0 aliphatic carbocycles. The van der Waals surface area contributed by atoms with Crippen LogP contribution in [-0.4, -0.2) is 58.5 Å². The number of aliphatic hydroxyl groups is 1. The lowest BCUT2D eigenvalue weighted by Gasteiger charge is -2.25. The zero-order chi connectivity index (χ0) is 19.7. The van der Waals surface area contributed by atoms with Crippen LogP contribution in [0.3, 0.4) is 0 Å². The van der Waals surface area contributed by atoms with Crippen LogP contribution in [0.5, 0.6) is 0 Å². The first-order valence-corrected chi connectivity index (χ1v) is 11.1. The van der Waals surface area contributed by atoms with Crippen molar-refractivity contribution in [1.29, 1.82) is 0 Å². The molecule has 1 atom stereocenters. The minimum atomic E-state index is -2.98. The summed E-state index contributed by atoms with van der Waals surface area (Å²) in [4.78, 5) is 1.93. The molecule has 3 rings (SSSR count). The average molecular weight is 393 g/mol. The molecular formula is C19H28N4O3S. The van der Waals surface area contributed by atoms with Gasteiger partial charge in [-0.05, 0) is 32.3 Å². The molecule has 148 valence electrons. The minimum absolute atomic E-state index is 0.0929. The number of nitrogens with zero attached hydrogens (tertiary/aromatic N) is 4. The normalized spacial score (nSPS) is 19.3. The van der Waals surface area contributed by atoms with Gasteiger partial charge in [0, 0.05) is 26.1 Å². The van der Waals surface area contributed by atoms with Crippen LogP contribution in [0.4, 0.5) is 5.95 Å². The Morgan fingerprint density at radius 2 is 1.96 bits per heavy atom. The molecule has 1 aromatic carbocycles. The molecule has 1 N–H and O–H groups in total. The van der Waals surface area contributed by atoms with E-state index in [1.54, 1.807) is 13.8 Å². The molecular weight excluding hydrogens is 364 g/mol. The second-order valence-electron chi connectivity index (χ2n) is 7.96. The highest BCUT2D eigenvalue weighted by Gasteiger charge is 2.33. The zero-order valence-corrected chi connectivity index (χ0v) is 17.0. The van der Waals surface area contributed by atoms with Crippen LogP contribution in [0.1, 0.15) is 31.7 Å². The topological polar surface area (TPSA) is 88.3 Å². The van der Waals surface area contributed by atoms with Crippen molar-refractivity contribution in [3.63, 3.8) is 0 Å². The third kappa shape index (κ3) is 5.07. The van der Waals surface area contributed by atoms with E-state index in [2.05, 4.69) is 22.3 Å². The summed E-state index contributed by atoms with van der Waals surface area (Å²) in [5.41, 5.74) is 0.307. The first kappa shape index (κ1) is 19.8. The maximum atomic E-state index is 11.9. The van der Waals surface area contributed by atoms with Crippen LogP contribution in [0.15, 0.2) is 30.3 Å². The number of aryl methyl sites for hydroxylation is 1. The van der Waals surface area contributed by atoms with Gasteiger partial charge in [-0.1, -0.05) is 30.3 Å². The lowest BCUT2D eigenvalue weighted by molar-refractivity contribution is 0.0777. The van der Waals surface area contributed by atoms with Crippen LogP contribution in [0.25, 0.3) is 0 Å². The van der Waals surface area contributed by atoms with Crippen molar-refractivity contribution >= 4 is 15.8 Å². The quantitative estimate of drug-likeness (QED) is 0.767. The maximum Gasteiger partial charge on any atom is 0.227 e. The molecule has 0 amide bonds. The van der Waals surface area contributed by atoms with E-state index in [-0.39, 0.29) is 17.5 Å². The van der Waals surface area contributed by atoms with Gasteiger partial charge in [-0.2, -0.15) is 0 Å². The zero-order valence-electron chi connectivity index (χ0n) is 16.2. The summed E-state index contributed by atoms with van der Waals surface area (Å²) in [5.74, 6) is 1.74. The van der Waals surface area contributed by atoms with E-state index in [9.17, 15) is 13.5 Å². The fraction of sp³-hybridized carbons (Fsp3) is 0.579. The molecule has 7 nitrogen and oxygen atoms in total. The summed E-state index contributed by atoms with van der Waals surface area (Å²) in [6, 6.07) is 10.1. The van der Waals surface area contributed by atoms with Gasteiger partial charge in [0.1, 0.15) is 5.82 Å². The van der Waals surface area contributed by atoms with E-state index in [0.717, 1.165) is 6.42 Å². The molecule has 0 bridgehead atoms. The molecule has 0 radical (unpaired) electrons. The SMILES string of the molecule is CN(c1nnc(CC(C)(C)O)n1CCc1ccccc1)C1CCS(=O)(=O)C1. The number of rotatable bonds is 7. The molecule has 27 heavy (non-hydrogen) atoms. The predicted molar refractivity (Wildman–Crippen MR) is 106 cm³/mol. The van der Waals surface area contributed by atoms with Crippen molar-refractivity contribution in [3.05, 3.63) is 41.7 Å².